The number of carboxylic acids is 1. The maximum atomic E-state index is 13.5. The molecule has 108 valence electrons. The summed E-state index contributed by atoms with van der Waals surface area (Å²) in [6.45, 7) is 0.661. The zero-order valence-electron chi connectivity index (χ0n) is 11.1. The van der Waals surface area contributed by atoms with Crippen molar-refractivity contribution in [2.45, 2.75) is 12.2 Å². The highest BCUT2D eigenvalue weighted by atomic mass is 32.2. The van der Waals surface area contributed by atoms with Gasteiger partial charge in [0.25, 0.3) is 5.91 Å². The first-order valence-corrected chi connectivity index (χ1v) is 7.71. The van der Waals surface area contributed by atoms with Crippen LogP contribution >= 0.6 is 11.8 Å². The molecule has 1 saturated heterocycles. The summed E-state index contributed by atoms with van der Waals surface area (Å²) in [5.74, 6) is -1.41. The van der Waals surface area contributed by atoms with Crippen LogP contribution in [0.2, 0.25) is 0 Å². The lowest BCUT2D eigenvalue weighted by Crippen LogP contribution is -2.30. The van der Waals surface area contributed by atoms with Gasteiger partial charge in [-0.1, -0.05) is 0 Å². The summed E-state index contributed by atoms with van der Waals surface area (Å²) in [6.07, 6.45) is 2.34. The van der Waals surface area contributed by atoms with Gasteiger partial charge in [0.05, 0.1) is 5.92 Å². The van der Waals surface area contributed by atoms with Gasteiger partial charge in [-0.05, 0) is 36.4 Å². The summed E-state index contributed by atoms with van der Waals surface area (Å²) in [7, 11) is 0. The van der Waals surface area contributed by atoms with Crippen molar-refractivity contribution in [2.24, 2.45) is 5.92 Å². The van der Waals surface area contributed by atoms with E-state index in [-0.39, 0.29) is 18.3 Å². The molecule has 1 amide bonds. The van der Waals surface area contributed by atoms with Gasteiger partial charge in [0.1, 0.15) is 5.82 Å². The fraction of sp³-hybridized carbons (Fsp3) is 0.429. The monoisotopic (exact) mass is 297 g/mol. The second-order valence-corrected chi connectivity index (χ2v) is 5.68. The smallest absolute Gasteiger partial charge is 0.308 e. The zero-order valence-corrected chi connectivity index (χ0v) is 12.0. The lowest BCUT2D eigenvalue weighted by molar-refractivity contribution is -0.141. The molecule has 0 spiro atoms. The average molecular weight is 297 g/mol. The van der Waals surface area contributed by atoms with E-state index in [0.717, 1.165) is 0 Å². The third kappa shape index (κ3) is 3.12. The summed E-state index contributed by atoms with van der Waals surface area (Å²) in [6, 6.07) is 4.31. The minimum Gasteiger partial charge on any atom is -0.481 e. The van der Waals surface area contributed by atoms with Gasteiger partial charge in [0.2, 0.25) is 0 Å². The summed E-state index contributed by atoms with van der Waals surface area (Å²) in [5.41, 5.74) is 0.916. The highest BCUT2D eigenvalue weighted by Crippen LogP contribution is 2.21. The number of amides is 1. The first-order chi connectivity index (χ1) is 9.52. The SMILES string of the molecule is CSCc1cc(C(=O)N2CCC(C(=O)O)C2)ccc1F. The Hall–Kier alpha value is -1.56. The van der Waals surface area contributed by atoms with Crippen molar-refractivity contribution >= 4 is 23.6 Å². The van der Waals surface area contributed by atoms with Gasteiger partial charge in [0, 0.05) is 24.4 Å². The molecule has 1 aromatic rings. The molecule has 20 heavy (non-hydrogen) atoms. The molecule has 1 fully saturated rings. The van der Waals surface area contributed by atoms with Gasteiger partial charge in [-0.15, -0.1) is 0 Å². The largest absolute Gasteiger partial charge is 0.481 e. The Kier molecular flexibility index (Phi) is 4.65. The second-order valence-electron chi connectivity index (χ2n) is 4.81. The topological polar surface area (TPSA) is 57.6 Å². The molecule has 6 heteroatoms. The quantitative estimate of drug-likeness (QED) is 0.926. The van der Waals surface area contributed by atoms with Crippen molar-refractivity contribution in [3.63, 3.8) is 0 Å². The van der Waals surface area contributed by atoms with E-state index in [1.165, 1.54) is 28.8 Å². The number of rotatable bonds is 4. The van der Waals surface area contributed by atoms with Crippen LogP contribution in [0, 0.1) is 11.7 Å². The van der Waals surface area contributed by atoms with Gasteiger partial charge in [-0.25, -0.2) is 4.39 Å². The summed E-state index contributed by atoms with van der Waals surface area (Å²) in [4.78, 5) is 24.7. The number of thioether (sulfide) groups is 1. The first kappa shape index (κ1) is 14.8. The summed E-state index contributed by atoms with van der Waals surface area (Å²) >= 11 is 1.48. The standard InChI is InChI=1S/C14H16FNO3S/c1-20-8-11-6-9(2-3-12(11)15)13(17)16-5-4-10(7-16)14(18)19/h2-3,6,10H,4-5,7-8H2,1H3,(H,18,19). The molecule has 0 aromatic heterocycles. The van der Waals surface area contributed by atoms with E-state index in [0.29, 0.717) is 29.8 Å². The molecule has 4 nitrogen and oxygen atoms in total. The van der Waals surface area contributed by atoms with Gasteiger partial charge in [-0.2, -0.15) is 11.8 Å². The number of carboxylic acid groups (broad SMARTS) is 1. The van der Waals surface area contributed by atoms with E-state index in [4.69, 9.17) is 5.11 Å². The molecular weight excluding hydrogens is 281 g/mol. The Labute approximate surface area is 121 Å². The molecule has 1 aliphatic heterocycles. The Morgan fingerprint density at radius 1 is 1.50 bits per heavy atom. The third-order valence-corrected chi connectivity index (χ3v) is 4.02. The molecule has 0 aliphatic carbocycles. The van der Waals surface area contributed by atoms with Gasteiger partial charge in [-0.3, -0.25) is 9.59 Å². The minimum atomic E-state index is -0.873. The number of likely N-dealkylation sites (tertiary alicyclic amines) is 1. The number of carbonyl (C=O) groups is 2. The third-order valence-electron chi connectivity index (χ3n) is 3.42. The first-order valence-electron chi connectivity index (χ1n) is 6.32. The van der Waals surface area contributed by atoms with E-state index >= 15 is 0 Å². The molecule has 1 N–H and O–H groups in total. The molecule has 1 unspecified atom stereocenters. The second kappa shape index (κ2) is 6.26. The maximum Gasteiger partial charge on any atom is 0.308 e. The number of carbonyl (C=O) groups excluding carboxylic acids is 1. The Morgan fingerprint density at radius 2 is 2.25 bits per heavy atom. The molecule has 0 saturated carbocycles. The Balaban J connectivity index is 2.14. The van der Waals surface area contributed by atoms with Crippen molar-refractivity contribution in [1.82, 2.24) is 4.90 Å². The lowest BCUT2D eigenvalue weighted by Gasteiger charge is -2.16. The number of halogens is 1. The normalized spacial score (nSPS) is 18.3. The van der Waals surface area contributed by atoms with Crippen molar-refractivity contribution in [3.8, 4) is 0 Å². The zero-order chi connectivity index (χ0) is 14.7. The molecule has 1 aromatic carbocycles. The fourth-order valence-electron chi connectivity index (χ4n) is 2.30. The predicted octanol–water partition coefficient (Wildman–Crippen LogP) is 2.24. The van der Waals surface area contributed by atoms with Crippen molar-refractivity contribution in [3.05, 3.63) is 35.1 Å². The van der Waals surface area contributed by atoms with E-state index in [2.05, 4.69) is 0 Å². The van der Waals surface area contributed by atoms with Gasteiger partial charge >= 0.3 is 5.97 Å². The van der Waals surface area contributed by atoms with Crippen molar-refractivity contribution in [2.75, 3.05) is 19.3 Å². The van der Waals surface area contributed by atoms with Gasteiger partial charge < -0.3 is 10.0 Å². The van der Waals surface area contributed by atoms with E-state index in [1.807, 2.05) is 6.26 Å². The number of benzene rings is 1. The molecule has 0 radical (unpaired) electrons. The Morgan fingerprint density at radius 3 is 2.85 bits per heavy atom. The number of aliphatic carboxylic acids is 1. The van der Waals surface area contributed by atoms with E-state index in [9.17, 15) is 14.0 Å². The highest BCUT2D eigenvalue weighted by molar-refractivity contribution is 7.97. The van der Waals surface area contributed by atoms with Crippen molar-refractivity contribution in [1.29, 1.82) is 0 Å². The Bertz CT molecular complexity index is 535. The molecular formula is C14H16FNO3S. The maximum absolute atomic E-state index is 13.5. The van der Waals surface area contributed by atoms with Crippen molar-refractivity contribution < 1.29 is 19.1 Å². The van der Waals surface area contributed by atoms with Crippen LogP contribution in [0.5, 0.6) is 0 Å². The van der Waals surface area contributed by atoms with Crippen LogP contribution in [0.25, 0.3) is 0 Å². The van der Waals surface area contributed by atoms with Crippen LogP contribution < -0.4 is 0 Å². The molecule has 2 rings (SSSR count). The van der Waals surface area contributed by atoms with Gasteiger partial charge in [0.15, 0.2) is 0 Å². The minimum absolute atomic E-state index is 0.226. The van der Waals surface area contributed by atoms with Crippen LogP contribution in [0.4, 0.5) is 4.39 Å². The number of hydrogen-bond acceptors (Lipinski definition) is 3. The van der Waals surface area contributed by atoms with Crippen LogP contribution in [0.15, 0.2) is 18.2 Å². The summed E-state index contributed by atoms with van der Waals surface area (Å²) < 4.78 is 13.5. The molecule has 0 bridgehead atoms. The lowest BCUT2D eigenvalue weighted by atomic mass is 10.1. The number of nitrogens with zero attached hydrogens (tertiary/aromatic N) is 1. The highest BCUT2D eigenvalue weighted by Gasteiger charge is 2.31. The molecule has 1 atom stereocenters. The predicted molar refractivity (Wildman–Crippen MR) is 75.3 cm³/mol. The average Bonchev–Trinajstić information content (AvgIpc) is 2.90. The van der Waals surface area contributed by atoms with E-state index < -0.39 is 11.9 Å². The van der Waals surface area contributed by atoms with Crippen LogP contribution in [-0.2, 0) is 10.5 Å². The van der Waals surface area contributed by atoms with E-state index in [1.54, 1.807) is 6.07 Å². The van der Waals surface area contributed by atoms with Crippen LogP contribution in [0.1, 0.15) is 22.3 Å². The van der Waals surface area contributed by atoms with Crippen LogP contribution in [-0.4, -0.2) is 41.2 Å². The number of hydrogen-bond donors (Lipinski definition) is 1. The molecule has 1 heterocycles. The molecule has 1 aliphatic rings. The van der Waals surface area contributed by atoms with Crippen LogP contribution in [0.3, 0.4) is 0 Å². The summed E-state index contributed by atoms with van der Waals surface area (Å²) in [5, 5.41) is 8.94. The fourth-order valence-corrected chi connectivity index (χ4v) is 2.83.